The number of amides is 1. The van der Waals surface area contributed by atoms with Gasteiger partial charge in [-0.2, -0.15) is 18.4 Å². The molecule has 2 heterocycles. The van der Waals surface area contributed by atoms with Crippen LogP contribution in [0.1, 0.15) is 33.4 Å². The zero-order valence-corrected chi connectivity index (χ0v) is 12.0. The number of carbonyl (C=O) groups excluding carboxylic acids is 1. The summed E-state index contributed by atoms with van der Waals surface area (Å²) in [5, 5.41) is 9.34. The van der Waals surface area contributed by atoms with Gasteiger partial charge in [0.05, 0.1) is 23.7 Å². The molecule has 1 unspecified atom stereocenters. The monoisotopic (exact) mass is 320 g/mol. The summed E-state index contributed by atoms with van der Waals surface area (Å²) in [4.78, 5) is 17.7. The number of nitrogens with zero attached hydrogens (tertiary/aromatic N) is 4. The van der Waals surface area contributed by atoms with Crippen molar-refractivity contribution in [1.29, 1.82) is 5.26 Å². The summed E-state index contributed by atoms with van der Waals surface area (Å²) >= 11 is 0. The lowest BCUT2D eigenvalue weighted by Gasteiger charge is -2.19. The SMILES string of the molecule is Cn1ccnc1CN1C(=O)c2c(cccc2C(F)(F)F)C1C#N. The molecule has 0 bridgehead atoms. The fraction of sp³-hybridized carbons (Fsp3) is 0.267. The molecule has 2 aromatic rings. The maximum Gasteiger partial charge on any atom is 0.417 e. The minimum absolute atomic E-state index is 0.0352. The molecule has 118 valence electrons. The molecule has 0 saturated carbocycles. The highest BCUT2D eigenvalue weighted by Crippen LogP contribution is 2.41. The van der Waals surface area contributed by atoms with Crippen LogP contribution in [0.4, 0.5) is 13.2 Å². The molecule has 0 N–H and O–H groups in total. The predicted molar refractivity (Wildman–Crippen MR) is 72.9 cm³/mol. The summed E-state index contributed by atoms with van der Waals surface area (Å²) in [6, 6.07) is 4.31. The Bertz CT molecular complexity index is 819. The Hall–Kier alpha value is -2.82. The van der Waals surface area contributed by atoms with E-state index in [9.17, 15) is 23.2 Å². The molecule has 0 aliphatic carbocycles. The third kappa shape index (κ3) is 2.34. The molecule has 1 amide bonds. The van der Waals surface area contributed by atoms with E-state index in [0.717, 1.165) is 11.0 Å². The molecule has 23 heavy (non-hydrogen) atoms. The summed E-state index contributed by atoms with van der Waals surface area (Å²) in [6.07, 6.45) is -1.47. The molecule has 0 radical (unpaired) electrons. The normalized spacial score (nSPS) is 17.3. The van der Waals surface area contributed by atoms with Crippen LogP contribution in [0.2, 0.25) is 0 Å². The molecular weight excluding hydrogens is 309 g/mol. The van der Waals surface area contributed by atoms with E-state index in [1.54, 1.807) is 17.8 Å². The number of rotatable bonds is 2. The Balaban J connectivity index is 2.08. The van der Waals surface area contributed by atoms with Crippen molar-refractivity contribution < 1.29 is 18.0 Å². The standard InChI is InChI=1S/C15H11F3N4O/c1-21-6-5-20-12(21)8-22-11(7-19)9-3-2-4-10(15(16,17)18)13(9)14(22)23/h2-6,11H,8H2,1H3. The average Bonchev–Trinajstić information content (AvgIpc) is 3.01. The molecule has 1 aliphatic heterocycles. The molecular formula is C15H11F3N4O. The van der Waals surface area contributed by atoms with E-state index in [1.807, 2.05) is 6.07 Å². The van der Waals surface area contributed by atoms with Gasteiger partial charge in [-0.25, -0.2) is 4.98 Å². The van der Waals surface area contributed by atoms with Gasteiger partial charge in [0.25, 0.3) is 5.91 Å². The lowest BCUT2D eigenvalue weighted by Crippen LogP contribution is -2.28. The van der Waals surface area contributed by atoms with Crippen LogP contribution in [0.25, 0.3) is 0 Å². The van der Waals surface area contributed by atoms with E-state index in [0.29, 0.717) is 5.82 Å². The van der Waals surface area contributed by atoms with E-state index in [2.05, 4.69) is 4.98 Å². The van der Waals surface area contributed by atoms with Gasteiger partial charge in [0.15, 0.2) is 0 Å². The van der Waals surface area contributed by atoms with Gasteiger partial charge in [-0.1, -0.05) is 12.1 Å². The summed E-state index contributed by atoms with van der Waals surface area (Å²) in [6.45, 7) is -0.0352. The Morgan fingerprint density at radius 1 is 1.39 bits per heavy atom. The maximum absolute atomic E-state index is 13.1. The first-order valence-electron chi connectivity index (χ1n) is 6.71. The maximum atomic E-state index is 13.1. The second-order valence-electron chi connectivity index (χ2n) is 5.19. The number of fused-ring (bicyclic) bond motifs is 1. The minimum atomic E-state index is -4.65. The van der Waals surface area contributed by atoms with Crippen molar-refractivity contribution in [3.8, 4) is 6.07 Å². The first-order chi connectivity index (χ1) is 10.8. The van der Waals surface area contributed by atoms with Gasteiger partial charge >= 0.3 is 6.18 Å². The number of hydrogen-bond acceptors (Lipinski definition) is 3. The van der Waals surface area contributed by atoms with Crippen molar-refractivity contribution in [3.63, 3.8) is 0 Å². The Labute approximate surface area is 129 Å². The van der Waals surface area contributed by atoms with Crippen molar-refractivity contribution in [3.05, 3.63) is 53.1 Å². The summed E-state index contributed by atoms with van der Waals surface area (Å²) in [5.74, 6) is -0.317. The molecule has 1 atom stereocenters. The lowest BCUT2D eigenvalue weighted by molar-refractivity contribution is -0.137. The quantitative estimate of drug-likeness (QED) is 0.854. The summed E-state index contributed by atoms with van der Waals surface area (Å²) < 4.78 is 41.1. The van der Waals surface area contributed by atoms with Crippen LogP contribution in [-0.4, -0.2) is 20.4 Å². The van der Waals surface area contributed by atoms with Crippen LogP contribution < -0.4 is 0 Å². The Morgan fingerprint density at radius 3 is 2.70 bits per heavy atom. The van der Waals surface area contributed by atoms with E-state index >= 15 is 0 Å². The van der Waals surface area contributed by atoms with Crippen LogP contribution in [0.3, 0.4) is 0 Å². The Morgan fingerprint density at radius 2 is 2.13 bits per heavy atom. The molecule has 1 aromatic heterocycles. The van der Waals surface area contributed by atoms with Gasteiger partial charge in [-0.3, -0.25) is 4.79 Å². The first-order valence-corrected chi connectivity index (χ1v) is 6.71. The molecule has 5 nitrogen and oxygen atoms in total. The summed E-state index contributed by atoms with van der Waals surface area (Å²) in [5.41, 5.74) is -1.37. The number of halogens is 3. The second-order valence-corrected chi connectivity index (χ2v) is 5.19. The summed E-state index contributed by atoms with van der Waals surface area (Å²) in [7, 11) is 1.71. The fourth-order valence-corrected chi connectivity index (χ4v) is 2.71. The van der Waals surface area contributed by atoms with Crippen LogP contribution in [0.5, 0.6) is 0 Å². The molecule has 8 heteroatoms. The average molecular weight is 320 g/mol. The number of hydrogen-bond donors (Lipinski definition) is 0. The van der Waals surface area contributed by atoms with Gasteiger partial charge < -0.3 is 9.47 Å². The largest absolute Gasteiger partial charge is 0.417 e. The van der Waals surface area contributed by atoms with Gasteiger partial charge in [0.1, 0.15) is 11.9 Å². The second kappa shape index (κ2) is 5.12. The number of aryl methyl sites for hydroxylation is 1. The van der Waals surface area contributed by atoms with Crippen LogP contribution in [0.15, 0.2) is 30.6 Å². The number of imidazole rings is 1. The van der Waals surface area contributed by atoms with E-state index in [-0.39, 0.29) is 12.1 Å². The minimum Gasteiger partial charge on any atom is -0.337 e. The third-order valence-corrected chi connectivity index (χ3v) is 3.84. The molecule has 1 aromatic carbocycles. The number of nitriles is 1. The highest BCUT2D eigenvalue weighted by molar-refractivity contribution is 6.01. The predicted octanol–water partition coefficient (Wildman–Crippen LogP) is 2.66. The van der Waals surface area contributed by atoms with Gasteiger partial charge in [-0.05, 0) is 6.07 Å². The van der Waals surface area contributed by atoms with Gasteiger partial charge in [-0.15, -0.1) is 0 Å². The third-order valence-electron chi connectivity index (χ3n) is 3.84. The van der Waals surface area contributed by atoms with E-state index < -0.39 is 29.3 Å². The van der Waals surface area contributed by atoms with Crippen molar-refractivity contribution in [1.82, 2.24) is 14.5 Å². The number of aromatic nitrogens is 2. The van der Waals surface area contributed by atoms with Crippen molar-refractivity contribution in [2.75, 3.05) is 0 Å². The van der Waals surface area contributed by atoms with Crippen LogP contribution >= 0.6 is 0 Å². The van der Waals surface area contributed by atoms with Gasteiger partial charge in [0.2, 0.25) is 0 Å². The fourth-order valence-electron chi connectivity index (χ4n) is 2.71. The Kier molecular flexibility index (Phi) is 3.36. The molecule has 3 rings (SSSR count). The zero-order valence-electron chi connectivity index (χ0n) is 12.0. The highest BCUT2D eigenvalue weighted by atomic mass is 19.4. The molecule has 1 aliphatic rings. The lowest BCUT2D eigenvalue weighted by atomic mass is 10.00. The molecule has 0 saturated heterocycles. The van der Waals surface area contributed by atoms with Crippen LogP contribution in [-0.2, 0) is 19.8 Å². The van der Waals surface area contributed by atoms with E-state index in [1.165, 1.54) is 18.3 Å². The van der Waals surface area contributed by atoms with Gasteiger partial charge in [0, 0.05) is 25.0 Å². The van der Waals surface area contributed by atoms with E-state index in [4.69, 9.17) is 0 Å². The number of benzene rings is 1. The van der Waals surface area contributed by atoms with Crippen LogP contribution in [0, 0.1) is 11.3 Å². The zero-order chi connectivity index (χ0) is 16.8. The number of alkyl halides is 3. The topological polar surface area (TPSA) is 61.9 Å². The number of carbonyl (C=O) groups is 1. The van der Waals surface area contributed by atoms with Crippen molar-refractivity contribution >= 4 is 5.91 Å². The molecule has 0 fully saturated rings. The molecule has 0 spiro atoms. The highest BCUT2D eigenvalue weighted by Gasteiger charge is 2.44. The first kappa shape index (κ1) is 15.1. The van der Waals surface area contributed by atoms with Crippen molar-refractivity contribution in [2.45, 2.75) is 18.8 Å². The van der Waals surface area contributed by atoms with Crippen molar-refractivity contribution in [2.24, 2.45) is 7.05 Å². The smallest absolute Gasteiger partial charge is 0.337 e.